The van der Waals surface area contributed by atoms with Crippen molar-refractivity contribution in [2.24, 2.45) is 5.92 Å². The SMILES string of the molecule is COc1cc(COc2c(C)cccc2-c2csc(N3CC[C@H](C(=O)O)[C@H](OC)C3)n2)cc2c1CN(C1COC1)CC2. The first-order valence-electron chi connectivity index (χ1n) is 14.1. The van der Waals surface area contributed by atoms with Gasteiger partial charge in [0.2, 0.25) is 0 Å². The van der Waals surface area contributed by atoms with Crippen LogP contribution in [0.4, 0.5) is 5.13 Å². The number of aryl methyl sites for hydroxylation is 1. The molecule has 2 saturated heterocycles. The third-order valence-corrected chi connectivity index (χ3v) is 9.46. The fraction of sp³-hybridized carbons (Fsp3) is 0.484. The van der Waals surface area contributed by atoms with Crippen molar-refractivity contribution in [1.82, 2.24) is 9.88 Å². The predicted molar refractivity (Wildman–Crippen MR) is 157 cm³/mol. The van der Waals surface area contributed by atoms with Crippen molar-refractivity contribution in [2.45, 2.75) is 45.1 Å². The van der Waals surface area contributed by atoms with E-state index in [-0.39, 0.29) is 6.10 Å². The fourth-order valence-electron chi connectivity index (χ4n) is 6.07. The molecule has 0 saturated carbocycles. The van der Waals surface area contributed by atoms with Crippen LogP contribution in [0.15, 0.2) is 35.7 Å². The van der Waals surface area contributed by atoms with E-state index >= 15 is 0 Å². The second kappa shape index (κ2) is 12.0. The molecule has 0 radical (unpaired) electrons. The van der Waals surface area contributed by atoms with E-state index in [9.17, 15) is 9.90 Å². The quantitative estimate of drug-likeness (QED) is 0.396. The predicted octanol–water partition coefficient (Wildman–Crippen LogP) is 4.39. The van der Waals surface area contributed by atoms with Crippen LogP contribution < -0.4 is 14.4 Å². The van der Waals surface area contributed by atoms with Crippen LogP contribution >= 0.6 is 11.3 Å². The van der Waals surface area contributed by atoms with Crippen LogP contribution in [0, 0.1) is 12.8 Å². The highest BCUT2D eigenvalue weighted by Gasteiger charge is 2.35. The zero-order valence-electron chi connectivity index (χ0n) is 23.8. The van der Waals surface area contributed by atoms with Crippen LogP contribution in [0.2, 0.25) is 0 Å². The molecule has 9 nitrogen and oxygen atoms in total. The summed E-state index contributed by atoms with van der Waals surface area (Å²) in [7, 11) is 3.31. The molecule has 1 aromatic heterocycles. The minimum atomic E-state index is -0.805. The smallest absolute Gasteiger partial charge is 0.309 e. The number of aliphatic carboxylic acids is 1. The molecule has 0 bridgehead atoms. The number of rotatable bonds is 9. The molecule has 2 fully saturated rings. The van der Waals surface area contributed by atoms with Gasteiger partial charge in [0, 0.05) is 49.8 Å². The lowest BCUT2D eigenvalue weighted by molar-refractivity contribution is -0.147. The highest BCUT2D eigenvalue weighted by Crippen LogP contribution is 2.38. The van der Waals surface area contributed by atoms with Crippen LogP contribution in [-0.4, -0.2) is 80.2 Å². The Hall–Kier alpha value is -3.18. The van der Waals surface area contributed by atoms with E-state index in [0.29, 0.717) is 32.2 Å². The minimum absolute atomic E-state index is 0.365. The summed E-state index contributed by atoms with van der Waals surface area (Å²) in [6.45, 7) is 7.17. The first kappa shape index (κ1) is 28.0. The van der Waals surface area contributed by atoms with E-state index in [1.807, 2.05) is 17.5 Å². The largest absolute Gasteiger partial charge is 0.496 e. The minimum Gasteiger partial charge on any atom is -0.496 e. The van der Waals surface area contributed by atoms with E-state index in [1.165, 1.54) is 11.1 Å². The number of piperidine rings is 1. The fourth-order valence-corrected chi connectivity index (χ4v) is 6.93. The maximum absolute atomic E-state index is 11.6. The average Bonchev–Trinajstić information content (AvgIpc) is 3.45. The number of carboxylic acid groups (broad SMARTS) is 1. The molecule has 4 heterocycles. The molecule has 3 aliphatic heterocycles. The van der Waals surface area contributed by atoms with Gasteiger partial charge in [-0.2, -0.15) is 0 Å². The second-order valence-corrected chi connectivity index (χ2v) is 11.9. The first-order chi connectivity index (χ1) is 19.9. The van der Waals surface area contributed by atoms with Crippen LogP contribution in [0.25, 0.3) is 11.3 Å². The van der Waals surface area contributed by atoms with E-state index in [1.54, 1.807) is 25.6 Å². The van der Waals surface area contributed by atoms with Crippen molar-refractivity contribution in [3.05, 3.63) is 58.0 Å². The third-order valence-electron chi connectivity index (χ3n) is 8.56. The zero-order chi connectivity index (χ0) is 28.5. The molecule has 0 aliphatic carbocycles. The Kier molecular flexibility index (Phi) is 8.16. The van der Waals surface area contributed by atoms with Crippen molar-refractivity contribution < 1.29 is 28.8 Å². The van der Waals surface area contributed by atoms with Crippen LogP contribution in [-0.2, 0) is 33.8 Å². The molecule has 1 N–H and O–H groups in total. The Labute approximate surface area is 244 Å². The number of carbonyl (C=O) groups is 1. The molecular formula is C31H37N3O6S. The van der Waals surface area contributed by atoms with Gasteiger partial charge in [0.25, 0.3) is 0 Å². The molecule has 218 valence electrons. The van der Waals surface area contributed by atoms with Crippen LogP contribution in [0.3, 0.4) is 0 Å². The number of carboxylic acids is 1. The van der Waals surface area contributed by atoms with Gasteiger partial charge in [0.05, 0.1) is 44.1 Å². The third kappa shape index (κ3) is 5.66. The van der Waals surface area contributed by atoms with E-state index in [4.69, 9.17) is 23.9 Å². The number of benzene rings is 2. The standard InChI is InChI=1S/C31H37N3O6S/c1-19-5-4-6-23(26-18-41-31(32-26)34-10-8-24(30(35)36)28(14-34)38-3)29(19)40-15-20-11-21-7-9-33(22-16-39-17-22)13-25(21)27(12-20)37-2/h4-6,11-12,18,22,24,28H,7-10,13-17H2,1-3H3,(H,35,36)/t24-,28+/m0/s1. The number of ether oxygens (including phenoxy) is 4. The maximum Gasteiger partial charge on any atom is 0.309 e. The molecular weight excluding hydrogens is 542 g/mol. The van der Waals surface area contributed by atoms with Gasteiger partial charge >= 0.3 is 5.97 Å². The van der Waals surface area contributed by atoms with Crippen molar-refractivity contribution in [3.63, 3.8) is 0 Å². The lowest BCUT2D eigenvalue weighted by Gasteiger charge is -2.40. The second-order valence-electron chi connectivity index (χ2n) is 11.1. The van der Waals surface area contributed by atoms with Gasteiger partial charge in [-0.25, -0.2) is 4.98 Å². The van der Waals surface area contributed by atoms with E-state index in [0.717, 1.165) is 71.7 Å². The van der Waals surface area contributed by atoms with Crippen LogP contribution in [0.5, 0.6) is 11.5 Å². The highest BCUT2D eigenvalue weighted by molar-refractivity contribution is 7.14. The summed E-state index contributed by atoms with van der Waals surface area (Å²) < 4.78 is 23.2. The number of fused-ring (bicyclic) bond motifs is 1. The van der Waals surface area contributed by atoms with Crippen molar-refractivity contribution in [3.8, 4) is 22.8 Å². The number of hydrogen-bond donors (Lipinski definition) is 1. The molecule has 0 unspecified atom stereocenters. The topological polar surface area (TPSA) is 93.6 Å². The number of anilines is 1. The Balaban J connectivity index is 1.19. The molecule has 3 aromatic rings. The summed E-state index contributed by atoms with van der Waals surface area (Å²) in [5.74, 6) is 0.434. The monoisotopic (exact) mass is 579 g/mol. The lowest BCUT2D eigenvalue weighted by Crippen LogP contribution is -2.50. The number of aromatic nitrogens is 1. The molecule has 2 aromatic carbocycles. The zero-order valence-corrected chi connectivity index (χ0v) is 24.6. The van der Waals surface area contributed by atoms with Crippen molar-refractivity contribution in [1.29, 1.82) is 0 Å². The summed E-state index contributed by atoms with van der Waals surface area (Å²) >= 11 is 1.56. The van der Waals surface area contributed by atoms with Crippen molar-refractivity contribution >= 4 is 22.4 Å². The van der Waals surface area contributed by atoms with Gasteiger partial charge < -0.3 is 29.0 Å². The summed E-state index contributed by atoms with van der Waals surface area (Å²) in [6, 6.07) is 11.0. The van der Waals surface area contributed by atoms with Gasteiger partial charge in [-0.3, -0.25) is 9.69 Å². The molecule has 10 heteroatoms. The molecule has 41 heavy (non-hydrogen) atoms. The Morgan fingerprint density at radius 2 is 2.07 bits per heavy atom. The normalized spacial score (nSPS) is 21.3. The van der Waals surface area contributed by atoms with Crippen LogP contribution in [0.1, 0.15) is 28.7 Å². The van der Waals surface area contributed by atoms with E-state index in [2.05, 4.69) is 34.9 Å². The van der Waals surface area contributed by atoms with Crippen molar-refractivity contribution in [2.75, 3.05) is 52.0 Å². The number of methoxy groups -OCH3 is 2. The molecule has 6 rings (SSSR count). The van der Waals surface area contributed by atoms with Gasteiger partial charge in [-0.05, 0) is 48.6 Å². The van der Waals surface area contributed by atoms with Gasteiger partial charge in [0.1, 0.15) is 18.1 Å². The average molecular weight is 580 g/mol. The highest BCUT2D eigenvalue weighted by atomic mass is 32.1. The lowest BCUT2D eigenvalue weighted by atomic mass is 9.94. The summed E-state index contributed by atoms with van der Waals surface area (Å²) in [5.41, 5.74) is 6.52. The number of hydrogen-bond acceptors (Lipinski definition) is 9. The van der Waals surface area contributed by atoms with Gasteiger partial charge in [-0.15, -0.1) is 11.3 Å². The number of thiazole rings is 1. The summed E-state index contributed by atoms with van der Waals surface area (Å²) in [6.07, 6.45) is 1.15. The Morgan fingerprint density at radius 3 is 2.80 bits per heavy atom. The summed E-state index contributed by atoms with van der Waals surface area (Å²) in [5, 5.41) is 12.4. The molecule has 0 spiro atoms. The molecule has 2 atom stereocenters. The Bertz CT molecular complexity index is 1390. The Morgan fingerprint density at radius 1 is 1.22 bits per heavy atom. The summed E-state index contributed by atoms with van der Waals surface area (Å²) in [4.78, 5) is 21.2. The molecule has 3 aliphatic rings. The molecule has 0 amide bonds. The number of nitrogens with zero attached hydrogens (tertiary/aromatic N) is 3. The van der Waals surface area contributed by atoms with Gasteiger partial charge in [0.15, 0.2) is 5.13 Å². The van der Waals surface area contributed by atoms with Gasteiger partial charge in [-0.1, -0.05) is 18.2 Å². The number of para-hydroxylation sites is 1. The first-order valence-corrected chi connectivity index (χ1v) is 15.0. The van der Waals surface area contributed by atoms with E-state index < -0.39 is 11.9 Å². The maximum atomic E-state index is 11.6.